The van der Waals surface area contributed by atoms with Crippen molar-refractivity contribution in [2.45, 2.75) is 6.42 Å². The molecule has 8 nitrogen and oxygen atoms in total. The van der Waals surface area contributed by atoms with Crippen LogP contribution in [0.15, 0.2) is 36.4 Å². The highest BCUT2D eigenvalue weighted by Gasteiger charge is 2.16. The second kappa shape index (κ2) is 6.88. The maximum absolute atomic E-state index is 11.1. The third-order valence-electron chi connectivity index (χ3n) is 5.05. The van der Waals surface area contributed by atoms with Gasteiger partial charge in [-0.1, -0.05) is 0 Å². The first kappa shape index (κ1) is 17.3. The van der Waals surface area contributed by atoms with Gasteiger partial charge in [-0.25, -0.2) is 4.98 Å². The highest BCUT2D eigenvalue weighted by atomic mass is 16.6. The Morgan fingerprint density at radius 1 is 1.15 bits per heavy atom. The van der Waals surface area contributed by atoms with Gasteiger partial charge in [0.05, 0.1) is 16.0 Å². The molecule has 4 rings (SSSR count). The van der Waals surface area contributed by atoms with Crippen LogP contribution in [0.2, 0.25) is 0 Å². The van der Waals surface area contributed by atoms with Crippen LogP contribution in [0.5, 0.6) is 0 Å². The second-order valence-electron chi connectivity index (χ2n) is 6.96. The van der Waals surface area contributed by atoms with Crippen LogP contribution in [0.1, 0.15) is 6.42 Å². The zero-order valence-corrected chi connectivity index (χ0v) is 15.2. The van der Waals surface area contributed by atoms with Gasteiger partial charge in [-0.15, -0.1) is 0 Å². The van der Waals surface area contributed by atoms with E-state index >= 15 is 0 Å². The Labute approximate surface area is 156 Å². The van der Waals surface area contributed by atoms with Crippen molar-refractivity contribution in [1.82, 2.24) is 14.9 Å². The van der Waals surface area contributed by atoms with Crippen LogP contribution in [0.25, 0.3) is 22.4 Å². The number of imidazole rings is 1. The van der Waals surface area contributed by atoms with Crippen LogP contribution in [-0.2, 0) is 0 Å². The van der Waals surface area contributed by atoms with E-state index < -0.39 is 4.92 Å². The third kappa shape index (κ3) is 3.43. The number of nitrogen functional groups attached to an aromatic ring is 1. The molecule has 1 saturated heterocycles. The van der Waals surface area contributed by atoms with E-state index in [-0.39, 0.29) is 11.4 Å². The first-order chi connectivity index (χ1) is 13.0. The minimum absolute atomic E-state index is 0.109. The monoisotopic (exact) mass is 366 g/mol. The molecule has 0 saturated carbocycles. The number of fused-ring (bicyclic) bond motifs is 1. The number of hydrogen-bond donors (Lipinski definition) is 2. The minimum Gasteiger partial charge on any atom is -0.393 e. The molecule has 0 radical (unpaired) electrons. The van der Waals surface area contributed by atoms with E-state index in [0.717, 1.165) is 49.3 Å². The molecule has 1 aliphatic heterocycles. The minimum atomic E-state index is -0.476. The molecule has 3 aromatic rings. The number of aromatic nitrogens is 2. The summed E-state index contributed by atoms with van der Waals surface area (Å²) in [7, 11) is 2.15. The fourth-order valence-electron chi connectivity index (χ4n) is 3.48. The van der Waals surface area contributed by atoms with Gasteiger partial charge in [0, 0.05) is 37.0 Å². The number of nitrogens with zero attached hydrogens (tertiary/aromatic N) is 4. The number of likely N-dealkylation sites (N-methyl/N-ethyl adjacent to an activating group) is 1. The number of anilines is 2. The van der Waals surface area contributed by atoms with Gasteiger partial charge in [0.1, 0.15) is 11.5 Å². The lowest BCUT2D eigenvalue weighted by molar-refractivity contribution is -0.383. The molecular formula is C19H22N6O2. The van der Waals surface area contributed by atoms with Crippen LogP contribution >= 0.6 is 0 Å². The zero-order valence-electron chi connectivity index (χ0n) is 15.2. The highest BCUT2D eigenvalue weighted by Crippen LogP contribution is 2.29. The third-order valence-corrected chi connectivity index (χ3v) is 5.05. The molecule has 27 heavy (non-hydrogen) atoms. The maximum atomic E-state index is 11.1. The van der Waals surface area contributed by atoms with Crippen molar-refractivity contribution in [3.8, 4) is 11.4 Å². The summed E-state index contributed by atoms with van der Waals surface area (Å²) in [6, 6.07) is 10.9. The number of nitro groups is 1. The van der Waals surface area contributed by atoms with Gasteiger partial charge in [-0.3, -0.25) is 10.1 Å². The van der Waals surface area contributed by atoms with E-state index in [4.69, 9.17) is 5.73 Å². The largest absolute Gasteiger partial charge is 0.393 e. The molecule has 140 valence electrons. The molecule has 1 aliphatic rings. The van der Waals surface area contributed by atoms with Gasteiger partial charge < -0.3 is 20.5 Å². The number of aromatic amines is 1. The van der Waals surface area contributed by atoms with Crippen molar-refractivity contribution in [2.75, 3.05) is 43.9 Å². The van der Waals surface area contributed by atoms with E-state index in [0.29, 0.717) is 11.4 Å². The fourth-order valence-corrected chi connectivity index (χ4v) is 3.48. The van der Waals surface area contributed by atoms with Crippen molar-refractivity contribution in [1.29, 1.82) is 0 Å². The molecule has 0 bridgehead atoms. The lowest BCUT2D eigenvalue weighted by atomic mass is 10.1. The quantitative estimate of drug-likeness (QED) is 0.420. The van der Waals surface area contributed by atoms with E-state index in [1.807, 2.05) is 6.07 Å². The molecule has 1 aromatic heterocycles. The van der Waals surface area contributed by atoms with Crippen molar-refractivity contribution in [3.05, 3.63) is 46.5 Å². The second-order valence-corrected chi connectivity index (χ2v) is 6.96. The topological polar surface area (TPSA) is 104 Å². The summed E-state index contributed by atoms with van der Waals surface area (Å²) in [6.45, 7) is 4.17. The fraction of sp³-hybridized carbons (Fsp3) is 0.316. The first-order valence-electron chi connectivity index (χ1n) is 8.99. The molecule has 0 atom stereocenters. The molecule has 2 aromatic carbocycles. The predicted octanol–water partition coefficient (Wildman–Crippen LogP) is 2.86. The molecule has 0 unspecified atom stereocenters. The summed E-state index contributed by atoms with van der Waals surface area (Å²) in [5.41, 5.74) is 9.27. The van der Waals surface area contributed by atoms with Gasteiger partial charge in [0.2, 0.25) is 0 Å². The molecule has 3 N–H and O–H groups in total. The molecular weight excluding hydrogens is 344 g/mol. The van der Waals surface area contributed by atoms with Gasteiger partial charge >= 0.3 is 0 Å². The van der Waals surface area contributed by atoms with Gasteiger partial charge in [-0.05, 0) is 50.3 Å². The lowest BCUT2D eigenvalue weighted by Gasteiger charge is -2.22. The van der Waals surface area contributed by atoms with Crippen LogP contribution in [0, 0.1) is 10.1 Å². The highest BCUT2D eigenvalue weighted by molar-refractivity contribution is 5.83. The number of nitrogens with one attached hydrogen (secondary N) is 1. The Morgan fingerprint density at radius 2 is 2.00 bits per heavy atom. The molecule has 0 spiro atoms. The number of rotatable bonds is 3. The van der Waals surface area contributed by atoms with E-state index in [9.17, 15) is 10.1 Å². The summed E-state index contributed by atoms with van der Waals surface area (Å²) < 4.78 is 0. The average molecular weight is 366 g/mol. The van der Waals surface area contributed by atoms with Crippen LogP contribution < -0.4 is 10.6 Å². The van der Waals surface area contributed by atoms with Crippen LogP contribution in [0.3, 0.4) is 0 Å². The van der Waals surface area contributed by atoms with Crippen molar-refractivity contribution < 1.29 is 4.92 Å². The number of H-pyrrole nitrogens is 1. The molecule has 8 heteroatoms. The van der Waals surface area contributed by atoms with Gasteiger partial charge in [0.25, 0.3) is 5.69 Å². The SMILES string of the molecule is CN1CCCN(c2ccc3[nH]c(-c4ccc(N)c([N+](=O)[O-])c4)nc3c2)CC1. The van der Waals surface area contributed by atoms with Crippen molar-refractivity contribution in [2.24, 2.45) is 0 Å². The van der Waals surface area contributed by atoms with Crippen molar-refractivity contribution in [3.63, 3.8) is 0 Å². The van der Waals surface area contributed by atoms with Crippen LogP contribution in [0.4, 0.5) is 17.1 Å². The first-order valence-corrected chi connectivity index (χ1v) is 8.99. The predicted molar refractivity (Wildman–Crippen MR) is 107 cm³/mol. The Bertz CT molecular complexity index is 999. The Morgan fingerprint density at radius 3 is 2.81 bits per heavy atom. The molecule has 0 aliphatic carbocycles. The number of hydrogen-bond acceptors (Lipinski definition) is 6. The summed E-state index contributed by atoms with van der Waals surface area (Å²) in [4.78, 5) is 23.3. The zero-order chi connectivity index (χ0) is 19.0. The number of nitro benzene ring substituents is 1. The molecule has 1 fully saturated rings. The van der Waals surface area contributed by atoms with E-state index in [1.165, 1.54) is 6.07 Å². The molecule has 2 heterocycles. The number of benzene rings is 2. The lowest BCUT2D eigenvalue weighted by Crippen LogP contribution is -2.28. The smallest absolute Gasteiger partial charge is 0.292 e. The summed E-state index contributed by atoms with van der Waals surface area (Å²) in [6.07, 6.45) is 1.13. The van der Waals surface area contributed by atoms with Crippen molar-refractivity contribution >= 4 is 28.1 Å². The van der Waals surface area contributed by atoms with Crippen LogP contribution in [-0.4, -0.2) is 53.0 Å². The Hall–Kier alpha value is -3.13. The van der Waals surface area contributed by atoms with Gasteiger partial charge in [-0.2, -0.15) is 0 Å². The summed E-state index contributed by atoms with van der Waals surface area (Å²) in [5.74, 6) is 0.598. The summed E-state index contributed by atoms with van der Waals surface area (Å²) >= 11 is 0. The normalized spacial score (nSPS) is 15.8. The van der Waals surface area contributed by atoms with E-state index in [1.54, 1.807) is 12.1 Å². The van der Waals surface area contributed by atoms with E-state index in [2.05, 4.69) is 38.9 Å². The average Bonchev–Trinajstić information content (AvgIpc) is 2.95. The Balaban J connectivity index is 1.67. The van der Waals surface area contributed by atoms with Gasteiger partial charge in [0.15, 0.2) is 0 Å². The standard InChI is InChI=1S/C19H22N6O2/c1-23-7-2-8-24(10-9-23)14-4-6-16-17(12-14)22-19(21-16)13-3-5-15(20)18(11-13)25(26)27/h3-6,11-12H,2,7-10,20H2,1H3,(H,21,22). The maximum Gasteiger partial charge on any atom is 0.292 e. The summed E-state index contributed by atoms with van der Waals surface area (Å²) in [5, 5.41) is 11.1. The molecule has 0 amide bonds. The Kier molecular flexibility index (Phi) is 4.41. The number of nitrogens with two attached hydrogens (primary N) is 1.